The van der Waals surface area contributed by atoms with E-state index in [-0.39, 0.29) is 10.2 Å². The molecular formula is C27H43BrO. The van der Waals surface area contributed by atoms with E-state index in [4.69, 9.17) is 0 Å². The third-order valence-corrected chi connectivity index (χ3v) is 10.9. The minimum Gasteiger partial charge on any atom is -0.294 e. The van der Waals surface area contributed by atoms with Crippen LogP contribution in [0.3, 0.4) is 0 Å². The van der Waals surface area contributed by atoms with Crippen molar-refractivity contribution >= 4 is 21.7 Å². The van der Waals surface area contributed by atoms with Crippen LogP contribution in [0.1, 0.15) is 98.8 Å². The first-order valence-electron chi connectivity index (χ1n) is 12.6. The molecule has 29 heavy (non-hydrogen) atoms. The van der Waals surface area contributed by atoms with Crippen molar-refractivity contribution in [2.24, 2.45) is 46.3 Å². The molecule has 0 aliphatic heterocycles. The highest BCUT2D eigenvalue weighted by Gasteiger charge is 2.59. The number of carbonyl (C=O) groups is 1. The number of allylic oxidation sites excluding steroid dienone is 1. The summed E-state index contributed by atoms with van der Waals surface area (Å²) < 4.78 is 0. The molecule has 3 saturated carbocycles. The SMILES string of the molecule is CC(C)CCC[C@@H](C)[C@H]1CC[C@H]2[C@@H]3CCC4=CC(=O)[C@H](Br)C[C@]4(C)[C@H]3CC[C@]12C. The van der Waals surface area contributed by atoms with Gasteiger partial charge in [0, 0.05) is 0 Å². The third-order valence-electron chi connectivity index (χ3n) is 10.2. The maximum atomic E-state index is 12.3. The number of ketones is 1. The minimum atomic E-state index is 0.0422. The second-order valence-electron chi connectivity index (χ2n) is 12.1. The number of halogens is 1. The van der Waals surface area contributed by atoms with E-state index in [2.05, 4.69) is 50.5 Å². The predicted octanol–water partition coefficient (Wildman–Crippen LogP) is 7.97. The van der Waals surface area contributed by atoms with Gasteiger partial charge in [-0.2, -0.15) is 0 Å². The molecular weight excluding hydrogens is 420 g/mol. The highest BCUT2D eigenvalue weighted by atomic mass is 79.9. The van der Waals surface area contributed by atoms with Gasteiger partial charge in [0.15, 0.2) is 5.78 Å². The Hall–Kier alpha value is -0.110. The van der Waals surface area contributed by atoms with Gasteiger partial charge in [-0.25, -0.2) is 0 Å². The fraction of sp³-hybridized carbons (Fsp3) is 0.889. The van der Waals surface area contributed by atoms with Crippen LogP contribution in [0.25, 0.3) is 0 Å². The number of hydrogen-bond acceptors (Lipinski definition) is 1. The molecule has 0 aromatic rings. The molecule has 4 aliphatic carbocycles. The van der Waals surface area contributed by atoms with Crippen molar-refractivity contribution in [3.05, 3.63) is 11.6 Å². The van der Waals surface area contributed by atoms with E-state index in [9.17, 15) is 4.79 Å². The molecule has 0 aromatic carbocycles. The maximum absolute atomic E-state index is 12.3. The quantitative estimate of drug-likeness (QED) is 0.378. The first kappa shape index (κ1) is 22.1. The van der Waals surface area contributed by atoms with E-state index in [0.717, 1.165) is 41.9 Å². The summed E-state index contributed by atoms with van der Waals surface area (Å²) in [7, 11) is 0. The van der Waals surface area contributed by atoms with Crippen LogP contribution in [0.2, 0.25) is 0 Å². The molecule has 1 nitrogen and oxygen atoms in total. The Bertz CT molecular complexity index is 665. The molecule has 0 radical (unpaired) electrons. The summed E-state index contributed by atoms with van der Waals surface area (Å²) in [6.45, 7) is 12.5. The molecule has 3 fully saturated rings. The van der Waals surface area contributed by atoms with Gasteiger partial charge in [-0.3, -0.25) is 4.79 Å². The van der Waals surface area contributed by atoms with Crippen LogP contribution in [0, 0.1) is 46.3 Å². The zero-order chi connectivity index (χ0) is 21.0. The van der Waals surface area contributed by atoms with Crippen LogP contribution >= 0.6 is 15.9 Å². The molecule has 0 aromatic heterocycles. The molecule has 0 saturated heterocycles. The number of hydrogen-bond donors (Lipinski definition) is 0. The molecule has 0 spiro atoms. The maximum Gasteiger partial charge on any atom is 0.169 e. The average Bonchev–Trinajstić information content (AvgIpc) is 3.00. The van der Waals surface area contributed by atoms with Crippen LogP contribution in [-0.4, -0.2) is 10.6 Å². The number of fused-ring (bicyclic) bond motifs is 5. The highest BCUT2D eigenvalue weighted by Crippen LogP contribution is 2.67. The van der Waals surface area contributed by atoms with E-state index >= 15 is 0 Å². The Kier molecular flexibility index (Phi) is 6.17. The normalized spacial score (nSPS) is 45.4. The molecule has 0 amide bonds. The van der Waals surface area contributed by atoms with Crippen LogP contribution < -0.4 is 0 Å². The van der Waals surface area contributed by atoms with Crippen molar-refractivity contribution in [2.45, 2.75) is 104 Å². The predicted molar refractivity (Wildman–Crippen MR) is 126 cm³/mol. The van der Waals surface area contributed by atoms with E-state index in [1.165, 1.54) is 63.4 Å². The first-order chi connectivity index (χ1) is 13.7. The second-order valence-corrected chi connectivity index (χ2v) is 13.2. The van der Waals surface area contributed by atoms with Gasteiger partial charge < -0.3 is 0 Å². The average molecular weight is 464 g/mol. The topological polar surface area (TPSA) is 17.1 Å². The lowest BCUT2D eigenvalue weighted by molar-refractivity contribution is -0.116. The van der Waals surface area contributed by atoms with Crippen LogP contribution in [0.15, 0.2) is 11.6 Å². The summed E-state index contributed by atoms with van der Waals surface area (Å²) in [5.74, 6) is 5.57. The zero-order valence-corrected chi connectivity index (χ0v) is 21.1. The Morgan fingerprint density at radius 1 is 1.07 bits per heavy atom. The van der Waals surface area contributed by atoms with E-state index in [0.29, 0.717) is 11.2 Å². The second kappa shape index (κ2) is 8.10. The van der Waals surface area contributed by atoms with Gasteiger partial charge in [0.1, 0.15) is 0 Å². The van der Waals surface area contributed by atoms with E-state index < -0.39 is 0 Å². The zero-order valence-electron chi connectivity index (χ0n) is 19.5. The van der Waals surface area contributed by atoms with Crippen molar-refractivity contribution in [1.29, 1.82) is 0 Å². The number of rotatable bonds is 5. The van der Waals surface area contributed by atoms with E-state index in [1.807, 2.05) is 6.08 Å². The lowest BCUT2D eigenvalue weighted by Gasteiger charge is -2.59. The van der Waals surface area contributed by atoms with Gasteiger partial charge in [0.2, 0.25) is 0 Å². The Balaban J connectivity index is 1.51. The van der Waals surface area contributed by atoms with Crippen molar-refractivity contribution in [3.63, 3.8) is 0 Å². The summed E-state index contributed by atoms with van der Waals surface area (Å²) in [5.41, 5.74) is 2.31. The summed E-state index contributed by atoms with van der Waals surface area (Å²) in [6.07, 6.45) is 15.5. The van der Waals surface area contributed by atoms with Crippen LogP contribution in [0.4, 0.5) is 0 Å². The molecule has 8 atom stereocenters. The van der Waals surface area contributed by atoms with Gasteiger partial charge in [-0.15, -0.1) is 0 Å². The minimum absolute atomic E-state index is 0.0422. The standard InChI is InChI=1S/C27H43BrO/c1-17(2)7-6-8-18(3)21-11-12-22-20-10-9-19-15-25(29)24(28)16-27(19,5)23(20)13-14-26(21,22)4/h15,17-18,20-24H,6-14,16H2,1-5H3/t18-,20+,21-,22+,23+,24-,26-,27+/m1/s1. The molecule has 0 unspecified atom stereocenters. The fourth-order valence-corrected chi connectivity index (χ4v) is 9.41. The third kappa shape index (κ3) is 3.72. The molecule has 0 heterocycles. The summed E-state index contributed by atoms with van der Waals surface area (Å²) >= 11 is 3.70. The Morgan fingerprint density at radius 2 is 1.83 bits per heavy atom. The molecule has 4 aliphatic rings. The molecule has 2 heteroatoms. The highest BCUT2D eigenvalue weighted by molar-refractivity contribution is 9.10. The molecule has 0 bridgehead atoms. The fourth-order valence-electron chi connectivity index (χ4n) is 8.61. The smallest absolute Gasteiger partial charge is 0.169 e. The van der Waals surface area contributed by atoms with Gasteiger partial charge in [0.25, 0.3) is 0 Å². The lowest BCUT2D eigenvalue weighted by Crippen LogP contribution is -2.52. The Labute approximate surface area is 188 Å². The van der Waals surface area contributed by atoms with Gasteiger partial charge in [0.05, 0.1) is 4.83 Å². The van der Waals surface area contributed by atoms with Crippen molar-refractivity contribution in [1.82, 2.24) is 0 Å². The van der Waals surface area contributed by atoms with Gasteiger partial charge >= 0.3 is 0 Å². The Morgan fingerprint density at radius 3 is 2.55 bits per heavy atom. The molecule has 4 rings (SSSR count). The number of carbonyl (C=O) groups excluding carboxylic acids is 1. The molecule has 164 valence electrons. The molecule has 0 N–H and O–H groups in total. The lowest BCUT2D eigenvalue weighted by atomic mass is 9.46. The van der Waals surface area contributed by atoms with Gasteiger partial charge in [-0.1, -0.05) is 75.4 Å². The van der Waals surface area contributed by atoms with Crippen LogP contribution in [0.5, 0.6) is 0 Å². The monoisotopic (exact) mass is 462 g/mol. The first-order valence-corrected chi connectivity index (χ1v) is 13.5. The number of alkyl halides is 1. The van der Waals surface area contributed by atoms with Crippen molar-refractivity contribution in [2.75, 3.05) is 0 Å². The van der Waals surface area contributed by atoms with E-state index in [1.54, 1.807) is 0 Å². The largest absolute Gasteiger partial charge is 0.294 e. The van der Waals surface area contributed by atoms with Crippen molar-refractivity contribution in [3.8, 4) is 0 Å². The van der Waals surface area contributed by atoms with Crippen LogP contribution in [-0.2, 0) is 4.79 Å². The summed E-state index contributed by atoms with van der Waals surface area (Å²) in [6, 6.07) is 0. The van der Waals surface area contributed by atoms with Gasteiger partial charge in [-0.05, 0) is 97.4 Å². The summed E-state index contributed by atoms with van der Waals surface area (Å²) in [5, 5.41) is 0. The van der Waals surface area contributed by atoms with Crippen molar-refractivity contribution < 1.29 is 4.79 Å². The summed E-state index contributed by atoms with van der Waals surface area (Å²) in [4.78, 5) is 12.4.